The van der Waals surface area contributed by atoms with E-state index in [2.05, 4.69) is 4.72 Å². The van der Waals surface area contributed by atoms with Crippen molar-refractivity contribution in [3.05, 3.63) is 29.3 Å². The highest BCUT2D eigenvalue weighted by atomic mass is 35.5. The fourth-order valence-electron chi connectivity index (χ4n) is 1.20. The molecule has 0 saturated heterocycles. The third-order valence-corrected chi connectivity index (χ3v) is 4.43. The van der Waals surface area contributed by atoms with Gasteiger partial charge in [0, 0.05) is 17.7 Å². The van der Waals surface area contributed by atoms with Gasteiger partial charge in [0.05, 0.1) is 4.90 Å². The number of aliphatic hydroxyl groups is 1. The van der Waals surface area contributed by atoms with Gasteiger partial charge in [-0.2, -0.15) is 0 Å². The van der Waals surface area contributed by atoms with E-state index in [-0.39, 0.29) is 23.5 Å². The molecule has 1 aromatic carbocycles. The first-order chi connectivity index (χ1) is 7.86. The molecule has 0 fully saturated rings. The summed E-state index contributed by atoms with van der Waals surface area (Å²) in [5.41, 5.74) is 0. The Morgan fingerprint density at radius 1 is 1.29 bits per heavy atom. The highest BCUT2D eigenvalue weighted by molar-refractivity contribution is 7.89. The van der Waals surface area contributed by atoms with Gasteiger partial charge in [-0.05, 0) is 37.1 Å². The van der Waals surface area contributed by atoms with Crippen LogP contribution >= 0.6 is 11.6 Å². The minimum absolute atomic E-state index is 0.0652. The lowest BCUT2D eigenvalue weighted by atomic mass is 10.1. The Morgan fingerprint density at radius 2 is 1.82 bits per heavy atom. The summed E-state index contributed by atoms with van der Waals surface area (Å²) in [7, 11) is -3.55. The summed E-state index contributed by atoms with van der Waals surface area (Å²) in [5.74, 6) is -0.142. The number of hydrogen-bond donors (Lipinski definition) is 2. The van der Waals surface area contributed by atoms with Crippen molar-refractivity contribution < 1.29 is 13.5 Å². The summed E-state index contributed by atoms with van der Waals surface area (Å²) in [6.45, 7) is 3.42. The summed E-state index contributed by atoms with van der Waals surface area (Å²) >= 11 is 5.69. The lowest BCUT2D eigenvalue weighted by molar-refractivity contribution is 0.216. The number of halogens is 1. The smallest absolute Gasteiger partial charge is 0.240 e. The van der Waals surface area contributed by atoms with Gasteiger partial charge in [0.1, 0.15) is 0 Å². The Hall–Kier alpha value is -0.620. The molecular weight excluding hydrogens is 262 g/mol. The lowest BCUT2D eigenvalue weighted by Gasteiger charge is -2.19. The van der Waals surface area contributed by atoms with Crippen LogP contribution in [-0.2, 0) is 10.0 Å². The van der Waals surface area contributed by atoms with Gasteiger partial charge < -0.3 is 5.11 Å². The molecule has 2 N–H and O–H groups in total. The molecule has 4 nitrogen and oxygen atoms in total. The molecule has 0 aliphatic rings. The first kappa shape index (κ1) is 14.4. The Kier molecular flexibility index (Phi) is 4.94. The minimum atomic E-state index is -3.55. The summed E-state index contributed by atoms with van der Waals surface area (Å²) in [5, 5.41) is 9.44. The van der Waals surface area contributed by atoms with Crippen molar-refractivity contribution in [3.63, 3.8) is 0 Å². The third kappa shape index (κ3) is 3.96. The van der Waals surface area contributed by atoms with Gasteiger partial charge in [0.15, 0.2) is 0 Å². The predicted octanol–water partition coefficient (Wildman–Crippen LogP) is 1.64. The summed E-state index contributed by atoms with van der Waals surface area (Å²) < 4.78 is 26.4. The maximum atomic E-state index is 11.9. The molecule has 6 heteroatoms. The van der Waals surface area contributed by atoms with Crippen LogP contribution in [0.1, 0.15) is 13.8 Å². The van der Waals surface area contributed by atoms with Crippen LogP contribution in [-0.4, -0.2) is 26.2 Å². The van der Waals surface area contributed by atoms with E-state index in [9.17, 15) is 8.42 Å². The van der Waals surface area contributed by atoms with Crippen LogP contribution < -0.4 is 4.72 Å². The molecular formula is C11H16ClNO3S. The maximum absolute atomic E-state index is 11.9. The van der Waals surface area contributed by atoms with Gasteiger partial charge in [-0.1, -0.05) is 18.5 Å². The molecule has 2 unspecified atom stereocenters. The molecule has 1 aromatic rings. The number of rotatable bonds is 5. The van der Waals surface area contributed by atoms with Crippen LogP contribution in [0.15, 0.2) is 29.2 Å². The van der Waals surface area contributed by atoms with Crippen LogP contribution in [0, 0.1) is 5.92 Å². The van der Waals surface area contributed by atoms with Crippen LogP contribution in [0.2, 0.25) is 5.02 Å². The number of aliphatic hydroxyl groups excluding tert-OH is 1. The summed E-state index contributed by atoms with van der Waals surface area (Å²) in [6.07, 6.45) is 0. The molecule has 96 valence electrons. The molecule has 0 heterocycles. The fourth-order valence-corrected chi connectivity index (χ4v) is 2.68. The van der Waals surface area contributed by atoms with Crippen LogP contribution in [0.5, 0.6) is 0 Å². The van der Waals surface area contributed by atoms with Crippen LogP contribution in [0.3, 0.4) is 0 Å². The van der Waals surface area contributed by atoms with E-state index < -0.39 is 10.0 Å². The van der Waals surface area contributed by atoms with Crippen molar-refractivity contribution in [2.24, 2.45) is 5.92 Å². The van der Waals surface area contributed by atoms with Crippen molar-refractivity contribution in [3.8, 4) is 0 Å². The zero-order chi connectivity index (χ0) is 13.1. The third-order valence-electron chi connectivity index (χ3n) is 2.61. The normalized spacial score (nSPS) is 15.5. The second-order valence-corrected chi connectivity index (χ2v) is 6.17. The van der Waals surface area contributed by atoms with E-state index >= 15 is 0 Å². The van der Waals surface area contributed by atoms with Crippen molar-refractivity contribution in [1.82, 2.24) is 4.72 Å². The summed E-state index contributed by atoms with van der Waals surface area (Å²) in [6, 6.07) is 5.61. The number of sulfonamides is 1. The standard InChI is InChI=1S/C11H16ClNO3S/c1-8(7-14)9(2)13-17(15,16)11-5-3-10(12)4-6-11/h3-6,8-9,13-14H,7H2,1-2H3. The average molecular weight is 278 g/mol. The number of nitrogens with one attached hydrogen (secondary N) is 1. The second kappa shape index (κ2) is 5.82. The molecule has 0 bridgehead atoms. The highest BCUT2D eigenvalue weighted by Crippen LogP contribution is 2.15. The van der Waals surface area contributed by atoms with Crippen LogP contribution in [0.25, 0.3) is 0 Å². The van der Waals surface area contributed by atoms with E-state index in [1.165, 1.54) is 24.3 Å². The molecule has 0 aromatic heterocycles. The van der Waals surface area contributed by atoms with E-state index in [4.69, 9.17) is 16.7 Å². The molecule has 0 radical (unpaired) electrons. The molecule has 0 aliphatic heterocycles. The van der Waals surface area contributed by atoms with E-state index in [0.29, 0.717) is 5.02 Å². The zero-order valence-corrected chi connectivity index (χ0v) is 11.3. The first-order valence-corrected chi connectivity index (χ1v) is 7.11. The topological polar surface area (TPSA) is 66.4 Å². The van der Waals surface area contributed by atoms with Gasteiger partial charge in [0.25, 0.3) is 0 Å². The van der Waals surface area contributed by atoms with E-state index in [1.807, 2.05) is 0 Å². The highest BCUT2D eigenvalue weighted by Gasteiger charge is 2.20. The number of benzene rings is 1. The molecule has 1 rings (SSSR count). The van der Waals surface area contributed by atoms with Crippen molar-refractivity contribution in [2.75, 3.05) is 6.61 Å². The average Bonchev–Trinajstić information content (AvgIpc) is 2.27. The zero-order valence-electron chi connectivity index (χ0n) is 9.72. The molecule has 0 amide bonds. The van der Waals surface area contributed by atoms with Gasteiger partial charge in [-0.25, -0.2) is 13.1 Å². The SMILES string of the molecule is CC(CO)C(C)NS(=O)(=O)c1ccc(Cl)cc1. The second-order valence-electron chi connectivity index (χ2n) is 4.02. The quantitative estimate of drug-likeness (QED) is 0.860. The Bertz CT molecular complexity index is 458. The van der Waals surface area contributed by atoms with Gasteiger partial charge >= 0.3 is 0 Å². The molecule has 0 saturated carbocycles. The lowest BCUT2D eigenvalue weighted by Crippen LogP contribution is -2.38. The van der Waals surface area contributed by atoms with Crippen molar-refractivity contribution >= 4 is 21.6 Å². The molecule has 2 atom stereocenters. The monoisotopic (exact) mass is 277 g/mol. The largest absolute Gasteiger partial charge is 0.396 e. The van der Waals surface area contributed by atoms with E-state index in [0.717, 1.165) is 0 Å². The summed E-state index contributed by atoms with van der Waals surface area (Å²) in [4.78, 5) is 0.166. The van der Waals surface area contributed by atoms with Gasteiger partial charge in [-0.3, -0.25) is 0 Å². The van der Waals surface area contributed by atoms with Crippen LogP contribution in [0.4, 0.5) is 0 Å². The Balaban J connectivity index is 2.85. The molecule has 0 aliphatic carbocycles. The minimum Gasteiger partial charge on any atom is -0.396 e. The molecule has 0 spiro atoms. The maximum Gasteiger partial charge on any atom is 0.240 e. The number of hydrogen-bond acceptors (Lipinski definition) is 3. The van der Waals surface area contributed by atoms with E-state index in [1.54, 1.807) is 13.8 Å². The van der Waals surface area contributed by atoms with Gasteiger partial charge in [-0.15, -0.1) is 0 Å². The predicted molar refractivity (Wildman–Crippen MR) is 67.5 cm³/mol. The van der Waals surface area contributed by atoms with Gasteiger partial charge in [0.2, 0.25) is 10.0 Å². The molecule has 17 heavy (non-hydrogen) atoms. The Morgan fingerprint density at radius 3 is 2.29 bits per heavy atom. The van der Waals surface area contributed by atoms with Crippen molar-refractivity contribution in [2.45, 2.75) is 24.8 Å². The van der Waals surface area contributed by atoms with Crippen molar-refractivity contribution in [1.29, 1.82) is 0 Å². The Labute approximate surface area is 107 Å². The first-order valence-electron chi connectivity index (χ1n) is 5.25. The fraction of sp³-hybridized carbons (Fsp3) is 0.455.